The van der Waals surface area contributed by atoms with Crippen molar-refractivity contribution in [2.45, 2.75) is 0 Å². The smallest absolute Gasteiger partial charge is 0.348 e. The molecule has 0 saturated carbocycles. The van der Waals surface area contributed by atoms with Crippen molar-refractivity contribution >= 4 is 23.1 Å². The van der Waals surface area contributed by atoms with Crippen LogP contribution in [-0.4, -0.2) is 37.5 Å². The zero-order valence-corrected chi connectivity index (χ0v) is 13.0. The zero-order chi connectivity index (χ0) is 19.0. The Morgan fingerprint density at radius 1 is 0.885 bits per heavy atom. The maximum atomic E-state index is 12.1. The largest absolute Gasteiger partial charge is 0.508 e. The quantitative estimate of drug-likeness (QED) is 0.319. The first-order valence-electron chi connectivity index (χ1n) is 7.24. The van der Waals surface area contributed by atoms with Gasteiger partial charge in [0.2, 0.25) is 0 Å². The normalized spacial score (nSPS) is 15.8. The molecule has 1 aliphatic rings. The molecule has 5 N–H and O–H groups in total. The van der Waals surface area contributed by atoms with Crippen molar-refractivity contribution in [3.63, 3.8) is 0 Å². The van der Waals surface area contributed by atoms with Gasteiger partial charge in [0.05, 0.1) is 0 Å². The molecule has 0 aromatic heterocycles. The summed E-state index contributed by atoms with van der Waals surface area (Å²) in [6, 6.07) is 8.51. The fourth-order valence-electron chi connectivity index (χ4n) is 2.49. The van der Waals surface area contributed by atoms with Gasteiger partial charge in [-0.2, -0.15) is 0 Å². The third kappa shape index (κ3) is 2.80. The molecule has 3 rings (SSSR count). The first-order chi connectivity index (χ1) is 12.3. The molecule has 132 valence electrons. The van der Waals surface area contributed by atoms with Gasteiger partial charge in [0.15, 0.2) is 23.0 Å². The minimum atomic E-state index is -1.52. The average Bonchev–Trinajstić information content (AvgIpc) is 2.86. The van der Waals surface area contributed by atoms with Gasteiger partial charge in [-0.1, -0.05) is 18.2 Å². The van der Waals surface area contributed by atoms with E-state index in [1.165, 1.54) is 30.3 Å². The summed E-state index contributed by atoms with van der Waals surface area (Å²) < 4.78 is 4.95. The van der Waals surface area contributed by atoms with Crippen LogP contribution in [0.5, 0.6) is 17.2 Å². The summed E-state index contributed by atoms with van der Waals surface area (Å²) in [5.41, 5.74) is -0.700. The van der Waals surface area contributed by atoms with E-state index in [-0.39, 0.29) is 22.4 Å². The van der Waals surface area contributed by atoms with Gasteiger partial charge in [-0.25, -0.2) is 9.59 Å². The van der Waals surface area contributed by atoms with E-state index in [1.807, 2.05) is 0 Å². The van der Waals surface area contributed by atoms with Crippen molar-refractivity contribution in [2.24, 2.45) is 0 Å². The van der Waals surface area contributed by atoms with Crippen molar-refractivity contribution in [1.29, 1.82) is 0 Å². The number of aliphatic hydroxyl groups excluding tert-OH is 1. The number of rotatable bonds is 3. The third-order valence-electron chi connectivity index (χ3n) is 3.71. The molecule has 26 heavy (non-hydrogen) atoms. The molecule has 0 amide bonds. The van der Waals surface area contributed by atoms with Crippen LogP contribution in [0, 0.1) is 0 Å². The van der Waals surface area contributed by atoms with Gasteiger partial charge in [0.25, 0.3) is 0 Å². The number of esters is 1. The molecule has 0 saturated heterocycles. The lowest BCUT2D eigenvalue weighted by Crippen LogP contribution is -2.06. The van der Waals surface area contributed by atoms with Crippen LogP contribution in [0.4, 0.5) is 0 Å². The number of carbonyl (C=O) groups excluding carboxylic acids is 1. The molecule has 1 aliphatic heterocycles. The SMILES string of the molecule is O=C1O/C(=C(\C(=O)O)c2ccc(O)c(O)c2)C(O)=C1c1ccc(O)cc1. The first kappa shape index (κ1) is 16.9. The van der Waals surface area contributed by atoms with Gasteiger partial charge >= 0.3 is 11.9 Å². The van der Waals surface area contributed by atoms with Gasteiger partial charge in [-0.3, -0.25) is 0 Å². The molecule has 8 heteroatoms. The number of carboxylic acid groups (broad SMARTS) is 1. The highest BCUT2D eigenvalue weighted by Gasteiger charge is 2.36. The standard InChI is InChI=1S/C18H12O8/c19-10-4-1-8(2-5-10)13-15(22)16(26-18(13)25)14(17(23)24)9-3-6-11(20)12(21)7-9/h1-7,19-22H,(H,23,24)/b16-14-. The summed E-state index contributed by atoms with van der Waals surface area (Å²) in [4.78, 5) is 23.8. The lowest BCUT2D eigenvalue weighted by molar-refractivity contribution is -0.131. The Kier molecular flexibility index (Phi) is 4.01. The maximum absolute atomic E-state index is 12.1. The van der Waals surface area contributed by atoms with Gasteiger partial charge in [-0.05, 0) is 35.4 Å². The van der Waals surface area contributed by atoms with E-state index >= 15 is 0 Å². The van der Waals surface area contributed by atoms with Crippen LogP contribution in [0.2, 0.25) is 0 Å². The molecule has 2 aromatic carbocycles. The monoisotopic (exact) mass is 356 g/mol. The zero-order valence-electron chi connectivity index (χ0n) is 13.0. The number of carboxylic acids is 1. The Hall–Kier alpha value is -3.94. The second kappa shape index (κ2) is 6.17. The predicted molar refractivity (Wildman–Crippen MR) is 88.1 cm³/mol. The number of cyclic esters (lactones) is 1. The number of aromatic hydroxyl groups is 3. The van der Waals surface area contributed by atoms with Crippen LogP contribution in [0.25, 0.3) is 11.1 Å². The Balaban J connectivity index is 2.21. The fourth-order valence-corrected chi connectivity index (χ4v) is 2.49. The summed E-state index contributed by atoms with van der Waals surface area (Å²) in [7, 11) is 0. The van der Waals surface area contributed by atoms with E-state index in [0.29, 0.717) is 0 Å². The highest BCUT2D eigenvalue weighted by molar-refractivity contribution is 6.25. The van der Waals surface area contributed by atoms with Crippen molar-refractivity contribution in [2.75, 3.05) is 0 Å². The van der Waals surface area contributed by atoms with Crippen molar-refractivity contribution in [3.05, 3.63) is 65.1 Å². The van der Waals surface area contributed by atoms with Gasteiger partial charge < -0.3 is 30.3 Å². The van der Waals surface area contributed by atoms with Gasteiger partial charge in [0.1, 0.15) is 16.9 Å². The number of hydrogen-bond acceptors (Lipinski definition) is 7. The number of phenols is 3. The minimum Gasteiger partial charge on any atom is -0.508 e. The number of aliphatic hydroxyl groups is 1. The van der Waals surface area contributed by atoms with Crippen LogP contribution in [-0.2, 0) is 14.3 Å². The van der Waals surface area contributed by atoms with E-state index in [9.17, 15) is 35.1 Å². The van der Waals surface area contributed by atoms with Crippen LogP contribution >= 0.6 is 0 Å². The highest BCUT2D eigenvalue weighted by atomic mass is 16.6. The summed E-state index contributed by atoms with van der Waals surface area (Å²) in [5.74, 6) is -4.85. The summed E-state index contributed by atoms with van der Waals surface area (Å²) in [6.07, 6.45) is 0. The van der Waals surface area contributed by atoms with Crippen LogP contribution in [0.1, 0.15) is 11.1 Å². The molecule has 0 atom stereocenters. The second-order valence-electron chi connectivity index (χ2n) is 5.37. The molecule has 8 nitrogen and oxygen atoms in total. The first-order valence-corrected chi connectivity index (χ1v) is 7.24. The van der Waals surface area contributed by atoms with Gasteiger partial charge in [-0.15, -0.1) is 0 Å². The summed E-state index contributed by atoms with van der Waals surface area (Å²) in [6.45, 7) is 0. The molecular weight excluding hydrogens is 344 g/mol. The van der Waals surface area contributed by atoms with Crippen molar-refractivity contribution < 1.29 is 39.9 Å². The van der Waals surface area contributed by atoms with Gasteiger partial charge in [0, 0.05) is 0 Å². The molecule has 0 radical (unpaired) electrons. The van der Waals surface area contributed by atoms with Crippen molar-refractivity contribution in [3.8, 4) is 17.2 Å². The molecule has 0 bridgehead atoms. The Bertz CT molecular complexity index is 983. The third-order valence-corrected chi connectivity index (χ3v) is 3.71. The number of aliphatic carboxylic acids is 1. The lowest BCUT2D eigenvalue weighted by atomic mass is 10.0. The molecule has 0 spiro atoms. The van der Waals surface area contributed by atoms with E-state index < -0.39 is 40.5 Å². The highest BCUT2D eigenvalue weighted by Crippen LogP contribution is 2.38. The summed E-state index contributed by atoms with van der Waals surface area (Å²) in [5, 5.41) is 48.1. The Morgan fingerprint density at radius 2 is 1.54 bits per heavy atom. The molecule has 0 aliphatic carbocycles. The molecular formula is C18H12O8. The van der Waals surface area contributed by atoms with Crippen LogP contribution in [0.3, 0.4) is 0 Å². The molecule has 1 heterocycles. The number of benzene rings is 2. The number of phenolic OH excluding ortho intramolecular Hbond substituents is 3. The number of hydrogen-bond donors (Lipinski definition) is 5. The van der Waals surface area contributed by atoms with Crippen molar-refractivity contribution in [1.82, 2.24) is 0 Å². The maximum Gasteiger partial charge on any atom is 0.348 e. The van der Waals surface area contributed by atoms with E-state index in [1.54, 1.807) is 0 Å². The Labute approximate surface area is 146 Å². The van der Waals surface area contributed by atoms with E-state index in [2.05, 4.69) is 0 Å². The average molecular weight is 356 g/mol. The number of ether oxygens (including phenoxy) is 1. The molecule has 2 aromatic rings. The lowest BCUT2D eigenvalue weighted by Gasteiger charge is -2.08. The predicted octanol–water partition coefficient (Wildman–Crippen LogP) is 2.13. The molecule has 0 fully saturated rings. The van der Waals surface area contributed by atoms with Crippen LogP contribution < -0.4 is 0 Å². The van der Waals surface area contributed by atoms with E-state index in [4.69, 9.17) is 4.74 Å². The number of carbonyl (C=O) groups is 2. The second-order valence-corrected chi connectivity index (χ2v) is 5.37. The fraction of sp³-hybridized carbons (Fsp3) is 0. The topological polar surface area (TPSA) is 145 Å². The summed E-state index contributed by atoms with van der Waals surface area (Å²) >= 11 is 0. The molecule has 0 unspecified atom stereocenters. The Morgan fingerprint density at radius 3 is 2.12 bits per heavy atom. The van der Waals surface area contributed by atoms with E-state index in [0.717, 1.165) is 12.1 Å². The minimum absolute atomic E-state index is 0.0539. The van der Waals surface area contributed by atoms with Crippen LogP contribution in [0.15, 0.2) is 54.0 Å².